The third-order valence-corrected chi connectivity index (χ3v) is 4.65. The molecule has 0 saturated heterocycles. The van der Waals surface area contributed by atoms with Gasteiger partial charge < -0.3 is 4.74 Å². The first-order chi connectivity index (χ1) is 10.2. The predicted molar refractivity (Wildman–Crippen MR) is 87.2 cm³/mol. The molecule has 0 heterocycles. The average Bonchev–Trinajstić information content (AvgIpc) is 2.55. The summed E-state index contributed by atoms with van der Waals surface area (Å²) in [5.41, 5.74) is 0.922. The van der Waals surface area contributed by atoms with Crippen LogP contribution in [-0.4, -0.2) is 13.1 Å². The van der Waals surface area contributed by atoms with Crippen molar-refractivity contribution in [2.24, 2.45) is 0 Å². The van der Waals surface area contributed by atoms with Crippen LogP contribution in [-0.2, 0) is 14.3 Å². The van der Waals surface area contributed by atoms with Crippen molar-refractivity contribution < 1.29 is 9.53 Å². The van der Waals surface area contributed by atoms with E-state index in [-0.39, 0.29) is 5.97 Å². The molecular formula is C18H18O2S. The van der Waals surface area contributed by atoms with Gasteiger partial charge in [0.25, 0.3) is 0 Å². The van der Waals surface area contributed by atoms with E-state index in [1.54, 1.807) is 6.08 Å². The van der Waals surface area contributed by atoms with Crippen molar-refractivity contribution >= 4 is 17.7 Å². The summed E-state index contributed by atoms with van der Waals surface area (Å²) in [6, 6.07) is 19.6. The topological polar surface area (TPSA) is 26.3 Å². The smallest absolute Gasteiger partial charge is 0.327 e. The Labute approximate surface area is 129 Å². The number of esters is 1. The standard InChI is InChI=1S/C18H18O2S/c1-3-14-18(17(19)20-2,15-10-6-4-7-11-15)21-16-12-8-5-9-13-16/h3-13H,1,14H2,2H3/t18-/m1/s1. The number of hydrogen-bond donors (Lipinski definition) is 0. The van der Waals surface area contributed by atoms with Crippen molar-refractivity contribution in [3.05, 3.63) is 78.9 Å². The van der Waals surface area contributed by atoms with Gasteiger partial charge in [0.1, 0.15) is 4.75 Å². The van der Waals surface area contributed by atoms with Gasteiger partial charge in [-0.25, -0.2) is 0 Å². The zero-order valence-electron chi connectivity index (χ0n) is 12.0. The molecule has 21 heavy (non-hydrogen) atoms. The van der Waals surface area contributed by atoms with E-state index in [2.05, 4.69) is 6.58 Å². The van der Waals surface area contributed by atoms with Crippen molar-refractivity contribution in [1.82, 2.24) is 0 Å². The summed E-state index contributed by atoms with van der Waals surface area (Å²) in [5, 5.41) is 0. The summed E-state index contributed by atoms with van der Waals surface area (Å²) in [4.78, 5) is 13.6. The molecule has 0 aliphatic rings. The molecular weight excluding hydrogens is 280 g/mol. The molecule has 2 aromatic rings. The molecule has 2 aromatic carbocycles. The van der Waals surface area contributed by atoms with Gasteiger partial charge in [0.2, 0.25) is 0 Å². The van der Waals surface area contributed by atoms with E-state index in [4.69, 9.17) is 4.74 Å². The highest BCUT2D eigenvalue weighted by Crippen LogP contribution is 2.45. The summed E-state index contributed by atoms with van der Waals surface area (Å²) in [6.45, 7) is 3.81. The van der Waals surface area contributed by atoms with Gasteiger partial charge in [-0.15, -0.1) is 18.3 Å². The average molecular weight is 298 g/mol. The van der Waals surface area contributed by atoms with Crippen molar-refractivity contribution in [3.63, 3.8) is 0 Å². The molecule has 3 heteroatoms. The van der Waals surface area contributed by atoms with Crippen LogP contribution in [0, 0.1) is 0 Å². The minimum Gasteiger partial charge on any atom is -0.468 e. The molecule has 1 atom stereocenters. The van der Waals surface area contributed by atoms with Crippen LogP contribution in [0.2, 0.25) is 0 Å². The van der Waals surface area contributed by atoms with E-state index in [1.807, 2.05) is 60.7 Å². The monoisotopic (exact) mass is 298 g/mol. The molecule has 0 bridgehead atoms. The van der Waals surface area contributed by atoms with Gasteiger partial charge in [-0.1, -0.05) is 54.6 Å². The molecule has 0 N–H and O–H groups in total. The number of allylic oxidation sites excluding steroid dienone is 1. The zero-order valence-corrected chi connectivity index (χ0v) is 12.8. The van der Waals surface area contributed by atoms with Gasteiger partial charge in [0.05, 0.1) is 7.11 Å². The summed E-state index contributed by atoms with van der Waals surface area (Å²) in [5.74, 6) is -0.262. The van der Waals surface area contributed by atoms with E-state index in [0.29, 0.717) is 6.42 Å². The molecule has 0 amide bonds. The summed E-state index contributed by atoms with van der Waals surface area (Å²) in [7, 11) is 1.43. The van der Waals surface area contributed by atoms with E-state index < -0.39 is 4.75 Å². The highest BCUT2D eigenvalue weighted by Gasteiger charge is 2.41. The molecule has 0 aromatic heterocycles. The minimum absolute atomic E-state index is 0.262. The Balaban J connectivity index is 2.50. The number of ether oxygens (including phenoxy) is 1. The van der Waals surface area contributed by atoms with Crippen LogP contribution >= 0.6 is 11.8 Å². The van der Waals surface area contributed by atoms with Crippen LogP contribution in [0.4, 0.5) is 0 Å². The maximum absolute atomic E-state index is 12.5. The quantitative estimate of drug-likeness (QED) is 0.448. The number of carbonyl (C=O) groups is 1. The highest BCUT2D eigenvalue weighted by molar-refractivity contribution is 8.01. The molecule has 0 fully saturated rings. The fourth-order valence-electron chi connectivity index (χ4n) is 2.23. The molecule has 0 saturated carbocycles. The third-order valence-electron chi connectivity index (χ3n) is 3.22. The number of hydrogen-bond acceptors (Lipinski definition) is 3. The van der Waals surface area contributed by atoms with Crippen molar-refractivity contribution in [2.75, 3.05) is 7.11 Å². The molecule has 0 aliphatic heterocycles. The molecule has 0 spiro atoms. The summed E-state index contributed by atoms with van der Waals surface area (Å²) < 4.78 is 4.28. The second-order valence-corrected chi connectivity index (χ2v) is 5.96. The maximum atomic E-state index is 12.5. The second-order valence-electron chi connectivity index (χ2n) is 4.59. The Morgan fingerprint density at radius 2 is 1.71 bits per heavy atom. The van der Waals surface area contributed by atoms with Crippen molar-refractivity contribution in [2.45, 2.75) is 16.1 Å². The van der Waals surface area contributed by atoms with Gasteiger partial charge in [-0.3, -0.25) is 4.79 Å². The van der Waals surface area contributed by atoms with Gasteiger partial charge >= 0.3 is 5.97 Å². The number of thioether (sulfide) groups is 1. The zero-order chi connectivity index (χ0) is 15.1. The molecule has 2 nitrogen and oxygen atoms in total. The molecule has 108 valence electrons. The SMILES string of the molecule is C=CC[C@](Sc1ccccc1)(C(=O)OC)c1ccccc1. The Kier molecular flexibility index (Phi) is 5.23. The van der Waals surface area contributed by atoms with Crippen LogP contribution in [0.5, 0.6) is 0 Å². The summed E-state index contributed by atoms with van der Waals surface area (Å²) in [6.07, 6.45) is 2.27. The lowest BCUT2D eigenvalue weighted by molar-refractivity contribution is -0.143. The molecule has 0 aliphatic carbocycles. The highest BCUT2D eigenvalue weighted by atomic mass is 32.2. The Morgan fingerprint density at radius 1 is 1.14 bits per heavy atom. The van der Waals surface area contributed by atoms with Crippen LogP contribution in [0.1, 0.15) is 12.0 Å². The van der Waals surface area contributed by atoms with Crippen LogP contribution in [0.15, 0.2) is 78.2 Å². The number of carbonyl (C=O) groups excluding carboxylic acids is 1. The largest absolute Gasteiger partial charge is 0.468 e. The fraction of sp³-hybridized carbons (Fsp3) is 0.167. The van der Waals surface area contributed by atoms with Crippen LogP contribution in [0.25, 0.3) is 0 Å². The Hall–Kier alpha value is -2.00. The van der Waals surface area contributed by atoms with Gasteiger partial charge in [-0.05, 0) is 24.1 Å². The van der Waals surface area contributed by atoms with Gasteiger partial charge in [0.15, 0.2) is 0 Å². The lowest BCUT2D eigenvalue weighted by atomic mass is 9.94. The normalized spacial score (nSPS) is 13.2. The number of methoxy groups -OCH3 is 1. The predicted octanol–water partition coefficient (Wildman–Crippen LogP) is 4.42. The lowest BCUT2D eigenvalue weighted by Gasteiger charge is -2.30. The lowest BCUT2D eigenvalue weighted by Crippen LogP contribution is -2.33. The van der Waals surface area contributed by atoms with E-state index in [0.717, 1.165) is 10.5 Å². The first-order valence-electron chi connectivity index (χ1n) is 6.72. The van der Waals surface area contributed by atoms with E-state index in [1.165, 1.54) is 18.9 Å². The Bertz CT molecular complexity index is 595. The second kappa shape index (κ2) is 7.14. The third kappa shape index (κ3) is 3.37. The van der Waals surface area contributed by atoms with Gasteiger partial charge in [-0.2, -0.15) is 0 Å². The van der Waals surface area contributed by atoms with E-state index >= 15 is 0 Å². The summed E-state index contributed by atoms with van der Waals surface area (Å²) >= 11 is 1.50. The fourth-order valence-corrected chi connectivity index (χ4v) is 3.54. The van der Waals surface area contributed by atoms with Gasteiger partial charge in [0, 0.05) is 4.90 Å². The first-order valence-corrected chi connectivity index (χ1v) is 7.53. The molecule has 0 radical (unpaired) electrons. The van der Waals surface area contributed by atoms with E-state index in [9.17, 15) is 4.79 Å². The minimum atomic E-state index is -0.806. The van der Waals surface area contributed by atoms with Crippen LogP contribution < -0.4 is 0 Å². The molecule has 2 rings (SSSR count). The van der Waals surface area contributed by atoms with Crippen molar-refractivity contribution in [1.29, 1.82) is 0 Å². The Morgan fingerprint density at radius 3 is 2.24 bits per heavy atom. The molecule has 0 unspecified atom stereocenters. The van der Waals surface area contributed by atoms with Crippen molar-refractivity contribution in [3.8, 4) is 0 Å². The number of rotatable bonds is 6. The van der Waals surface area contributed by atoms with Crippen LogP contribution in [0.3, 0.4) is 0 Å². The first kappa shape index (κ1) is 15.4. The number of benzene rings is 2. The maximum Gasteiger partial charge on any atom is 0.327 e.